The zero-order chi connectivity index (χ0) is 13.0. The Bertz CT molecular complexity index is 505. The normalized spacial score (nSPS) is 12.3. The van der Waals surface area contributed by atoms with Crippen molar-refractivity contribution in [1.82, 2.24) is 5.32 Å². The number of aliphatic carboxylic acids is 1. The van der Waals surface area contributed by atoms with Crippen molar-refractivity contribution in [2.24, 2.45) is 0 Å². The summed E-state index contributed by atoms with van der Waals surface area (Å²) in [6.45, 7) is 2.58. The largest absolute Gasteiger partial charge is 0.480 e. The van der Waals surface area contributed by atoms with E-state index in [0.29, 0.717) is 6.54 Å². The van der Waals surface area contributed by atoms with Crippen molar-refractivity contribution in [1.29, 1.82) is 0 Å². The summed E-state index contributed by atoms with van der Waals surface area (Å²) in [7, 11) is 0. The highest BCUT2D eigenvalue weighted by atomic mass is 32.1. The van der Waals surface area contributed by atoms with Crippen LogP contribution in [-0.4, -0.2) is 11.1 Å². The highest BCUT2D eigenvalue weighted by molar-refractivity contribution is 7.08. The number of nitrogens with one attached hydrogen (secondary N) is 1. The van der Waals surface area contributed by atoms with Crippen LogP contribution < -0.4 is 5.32 Å². The van der Waals surface area contributed by atoms with E-state index in [0.717, 1.165) is 11.1 Å². The molecular weight excluding hydrogens is 246 g/mol. The highest BCUT2D eigenvalue weighted by Gasteiger charge is 2.19. The molecule has 0 fully saturated rings. The van der Waals surface area contributed by atoms with Crippen LogP contribution in [0.25, 0.3) is 0 Å². The van der Waals surface area contributed by atoms with Crippen molar-refractivity contribution in [3.8, 4) is 0 Å². The minimum Gasteiger partial charge on any atom is -0.480 e. The number of carbonyl (C=O) groups is 1. The Balaban J connectivity index is 2.02. The number of hydrogen-bond acceptors (Lipinski definition) is 3. The van der Waals surface area contributed by atoms with E-state index in [1.165, 1.54) is 16.9 Å². The van der Waals surface area contributed by atoms with Crippen molar-refractivity contribution >= 4 is 17.3 Å². The van der Waals surface area contributed by atoms with Crippen molar-refractivity contribution in [3.63, 3.8) is 0 Å². The van der Waals surface area contributed by atoms with Crippen LogP contribution in [0.1, 0.15) is 22.7 Å². The fourth-order valence-corrected chi connectivity index (χ4v) is 2.40. The van der Waals surface area contributed by atoms with Crippen LogP contribution >= 0.6 is 11.3 Å². The Kier molecular flexibility index (Phi) is 4.12. The summed E-state index contributed by atoms with van der Waals surface area (Å²) in [5, 5.41) is 16.0. The predicted molar refractivity (Wildman–Crippen MR) is 72.7 cm³/mol. The Labute approximate surface area is 110 Å². The highest BCUT2D eigenvalue weighted by Crippen LogP contribution is 2.17. The first kappa shape index (κ1) is 12.8. The summed E-state index contributed by atoms with van der Waals surface area (Å²) >= 11 is 1.51. The molecule has 4 heteroatoms. The van der Waals surface area contributed by atoms with Crippen molar-refractivity contribution in [3.05, 3.63) is 57.8 Å². The first-order chi connectivity index (χ1) is 8.66. The molecule has 0 amide bonds. The fourth-order valence-electron chi connectivity index (χ4n) is 1.71. The Morgan fingerprint density at radius 2 is 2.06 bits per heavy atom. The standard InChI is InChI=1S/C14H15NO2S/c1-10-2-4-11(5-3-10)8-15-13(14(16)17)12-6-7-18-9-12/h2-7,9,13,15H,8H2,1H3,(H,16,17). The summed E-state index contributed by atoms with van der Waals surface area (Å²) in [6, 6.07) is 9.27. The number of carboxylic acid groups (broad SMARTS) is 1. The lowest BCUT2D eigenvalue weighted by molar-refractivity contribution is -0.139. The smallest absolute Gasteiger partial charge is 0.325 e. The topological polar surface area (TPSA) is 49.3 Å². The molecule has 2 aromatic rings. The van der Waals surface area contributed by atoms with E-state index < -0.39 is 12.0 Å². The van der Waals surface area contributed by atoms with E-state index in [4.69, 9.17) is 0 Å². The molecule has 0 aliphatic rings. The second kappa shape index (κ2) is 5.80. The Morgan fingerprint density at radius 3 is 2.61 bits per heavy atom. The summed E-state index contributed by atoms with van der Waals surface area (Å²) in [5.74, 6) is -0.847. The molecule has 3 nitrogen and oxygen atoms in total. The van der Waals surface area contributed by atoms with E-state index in [1.807, 2.05) is 48.0 Å². The van der Waals surface area contributed by atoms with Crippen molar-refractivity contribution in [2.45, 2.75) is 19.5 Å². The lowest BCUT2D eigenvalue weighted by Crippen LogP contribution is -2.27. The first-order valence-electron chi connectivity index (χ1n) is 5.70. The third-order valence-corrected chi connectivity index (χ3v) is 3.46. The van der Waals surface area contributed by atoms with E-state index in [-0.39, 0.29) is 0 Å². The number of carboxylic acids is 1. The minimum absolute atomic E-state index is 0.549. The van der Waals surface area contributed by atoms with Crippen LogP contribution in [0.15, 0.2) is 41.1 Å². The van der Waals surface area contributed by atoms with Crippen molar-refractivity contribution < 1.29 is 9.90 Å². The number of hydrogen-bond donors (Lipinski definition) is 2. The average Bonchev–Trinajstić information content (AvgIpc) is 2.85. The van der Waals surface area contributed by atoms with Crippen molar-refractivity contribution in [2.75, 3.05) is 0 Å². The molecule has 18 heavy (non-hydrogen) atoms. The summed E-state index contributed by atoms with van der Waals surface area (Å²) in [4.78, 5) is 11.2. The summed E-state index contributed by atoms with van der Waals surface area (Å²) < 4.78 is 0. The maximum atomic E-state index is 11.2. The number of thiophene rings is 1. The number of aryl methyl sites for hydroxylation is 1. The third-order valence-electron chi connectivity index (χ3n) is 2.75. The molecule has 2 rings (SSSR count). The lowest BCUT2D eigenvalue weighted by atomic mass is 10.1. The Morgan fingerprint density at radius 1 is 1.33 bits per heavy atom. The molecule has 1 atom stereocenters. The molecule has 1 aromatic carbocycles. The summed E-state index contributed by atoms with van der Waals surface area (Å²) in [6.07, 6.45) is 0. The first-order valence-corrected chi connectivity index (χ1v) is 6.65. The molecule has 2 N–H and O–H groups in total. The maximum absolute atomic E-state index is 11.2. The quantitative estimate of drug-likeness (QED) is 0.870. The van der Waals surface area contributed by atoms with Gasteiger partial charge in [-0.3, -0.25) is 10.1 Å². The van der Waals surface area contributed by atoms with Gasteiger partial charge in [0.1, 0.15) is 6.04 Å². The molecule has 1 unspecified atom stereocenters. The number of rotatable bonds is 5. The third kappa shape index (κ3) is 3.18. The average molecular weight is 261 g/mol. The maximum Gasteiger partial charge on any atom is 0.325 e. The van der Waals surface area contributed by atoms with Crippen LogP contribution in [0, 0.1) is 6.92 Å². The van der Waals surface area contributed by atoms with E-state index in [9.17, 15) is 9.90 Å². The van der Waals surface area contributed by atoms with E-state index in [2.05, 4.69) is 5.32 Å². The summed E-state index contributed by atoms with van der Waals surface area (Å²) in [5.41, 5.74) is 3.09. The van der Waals surface area contributed by atoms with Gasteiger partial charge in [-0.15, -0.1) is 0 Å². The molecule has 94 valence electrons. The SMILES string of the molecule is Cc1ccc(CNC(C(=O)O)c2ccsc2)cc1. The van der Waals surface area contributed by atoms with Gasteiger partial charge in [-0.2, -0.15) is 11.3 Å². The van der Waals surface area contributed by atoms with E-state index >= 15 is 0 Å². The van der Waals surface area contributed by atoms with Gasteiger partial charge in [0.05, 0.1) is 0 Å². The zero-order valence-electron chi connectivity index (χ0n) is 10.1. The minimum atomic E-state index is -0.847. The molecule has 0 saturated carbocycles. The van der Waals surface area contributed by atoms with Crippen LogP contribution in [-0.2, 0) is 11.3 Å². The molecule has 0 aliphatic heterocycles. The molecule has 0 spiro atoms. The van der Waals surface area contributed by atoms with Gasteiger partial charge in [-0.25, -0.2) is 0 Å². The molecule has 1 heterocycles. The van der Waals surface area contributed by atoms with E-state index in [1.54, 1.807) is 0 Å². The van der Waals surface area contributed by atoms with Gasteiger partial charge in [0, 0.05) is 6.54 Å². The van der Waals surface area contributed by atoms with Crippen LogP contribution in [0.2, 0.25) is 0 Å². The zero-order valence-corrected chi connectivity index (χ0v) is 10.9. The molecular formula is C14H15NO2S. The van der Waals surface area contributed by atoms with Crippen LogP contribution in [0.3, 0.4) is 0 Å². The van der Waals surface area contributed by atoms with Gasteiger partial charge in [0.2, 0.25) is 0 Å². The monoisotopic (exact) mass is 261 g/mol. The van der Waals surface area contributed by atoms with Gasteiger partial charge < -0.3 is 5.11 Å². The predicted octanol–water partition coefficient (Wildman–Crippen LogP) is 2.97. The number of benzene rings is 1. The molecule has 1 aromatic heterocycles. The van der Waals surface area contributed by atoms with Crippen LogP contribution in [0.4, 0.5) is 0 Å². The molecule has 0 aliphatic carbocycles. The lowest BCUT2D eigenvalue weighted by Gasteiger charge is -2.13. The Hall–Kier alpha value is -1.65. The second-order valence-corrected chi connectivity index (χ2v) is 4.97. The fraction of sp³-hybridized carbons (Fsp3) is 0.214. The molecule has 0 radical (unpaired) electrons. The molecule has 0 saturated heterocycles. The van der Waals surface area contributed by atoms with Gasteiger partial charge in [-0.1, -0.05) is 29.8 Å². The second-order valence-electron chi connectivity index (χ2n) is 4.19. The molecule has 0 bridgehead atoms. The van der Waals surface area contributed by atoms with Crippen LogP contribution in [0.5, 0.6) is 0 Å². The van der Waals surface area contributed by atoms with Gasteiger partial charge >= 0.3 is 5.97 Å². The van der Waals surface area contributed by atoms with Gasteiger partial charge in [0.15, 0.2) is 0 Å². The van der Waals surface area contributed by atoms with Gasteiger partial charge in [0.25, 0.3) is 0 Å². The van der Waals surface area contributed by atoms with Gasteiger partial charge in [-0.05, 0) is 34.9 Å².